The highest BCUT2D eigenvalue weighted by Crippen LogP contribution is 2.27. The molecule has 0 atom stereocenters. The lowest BCUT2D eigenvalue weighted by Gasteiger charge is -2.12. The van der Waals surface area contributed by atoms with Crippen LogP contribution in [0, 0.1) is 5.92 Å². The minimum atomic E-state index is 0.953. The summed E-state index contributed by atoms with van der Waals surface area (Å²) < 4.78 is 0. The summed E-state index contributed by atoms with van der Waals surface area (Å²) in [5.41, 5.74) is 3.93. The van der Waals surface area contributed by atoms with Crippen molar-refractivity contribution in [2.45, 2.75) is 6.42 Å². The number of rotatable bonds is 4. The van der Waals surface area contributed by atoms with Crippen molar-refractivity contribution in [3.05, 3.63) is 114 Å². The average Bonchev–Trinajstić information content (AvgIpc) is 2.55. The zero-order valence-corrected chi connectivity index (χ0v) is 11.4. The molecular weight excluding hydrogens is 240 g/mol. The molecule has 96 valence electrons. The Balaban J connectivity index is 1.96. The molecule has 0 radical (unpaired) electrons. The van der Waals surface area contributed by atoms with Crippen LogP contribution in [-0.4, -0.2) is 0 Å². The third kappa shape index (κ3) is 2.92. The van der Waals surface area contributed by atoms with Crippen molar-refractivity contribution in [1.29, 1.82) is 0 Å². The van der Waals surface area contributed by atoms with Crippen LogP contribution < -0.4 is 0 Å². The Hall–Kier alpha value is -2.47. The van der Waals surface area contributed by atoms with Gasteiger partial charge in [0.1, 0.15) is 0 Å². The molecule has 0 unspecified atom stereocenters. The molecule has 3 rings (SSSR count). The molecule has 3 aromatic rings. The van der Waals surface area contributed by atoms with Gasteiger partial charge in [-0.2, -0.15) is 0 Å². The molecule has 0 aromatic heterocycles. The maximum atomic E-state index is 2.19. The van der Waals surface area contributed by atoms with E-state index in [1.165, 1.54) is 22.6 Å². The van der Waals surface area contributed by atoms with Gasteiger partial charge in [-0.15, -0.1) is 0 Å². The molecule has 0 bridgehead atoms. The molecule has 0 N–H and O–H groups in total. The third-order valence-electron chi connectivity index (χ3n) is 3.47. The number of hydrogen-bond acceptors (Lipinski definition) is 0. The largest absolute Gasteiger partial charge is 0.0759 e. The van der Waals surface area contributed by atoms with E-state index in [0.717, 1.165) is 6.42 Å². The topological polar surface area (TPSA) is 0 Å². The van der Waals surface area contributed by atoms with Crippen molar-refractivity contribution in [2.24, 2.45) is 0 Å². The second kappa shape index (κ2) is 6.12. The molecule has 0 amide bonds. The summed E-state index contributed by atoms with van der Waals surface area (Å²) in [6.45, 7) is 0. The van der Waals surface area contributed by atoms with Crippen LogP contribution in [0.3, 0.4) is 0 Å². The van der Waals surface area contributed by atoms with Gasteiger partial charge in [-0.3, -0.25) is 0 Å². The van der Waals surface area contributed by atoms with E-state index in [4.69, 9.17) is 0 Å². The van der Waals surface area contributed by atoms with Gasteiger partial charge in [0.05, 0.1) is 11.1 Å². The quantitative estimate of drug-likeness (QED) is 0.583. The van der Waals surface area contributed by atoms with Gasteiger partial charge in [0.15, 0.2) is 0 Å². The van der Waals surface area contributed by atoms with Crippen LogP contribution in [-0.2, 0) is 6.42 Å². The first-order valence-electron chi connectivity index (χ1n) is 6.94. The van der Waals surface area contributed by atoms with Crippen molar-refractivity contribution in [2.75, 3.05) is 0 Å². The molecule has 0 spiro atoms. The van der Waals surface area contributed by atoms with Gasteiger partial charge >= 0.3 is 0 Å². The standard InChI is InChI=1S/C20H17/c1-4-10-17(11-5-1)16-20(18-12-6-2-7-13-18)19-14-8-3-9-15-19/h1-15H,16H2/q+1. The summed E-state index contributed by atoms with van der Waals surface area (Å²) in [6, 6.07) is 31.9. The van der Waals surface area contributed by atoms with Crippen molar-refractivity contribution in [1.82, 2.24) is 0 Å². The van der Waals surface area contributed by atoms with Crippen molar-refractivity contribution in [3.63, 3.8) is 0 Å². The summed E-state index contributed by atoms with van der Waals surface area (Å²) >= 11 is 0. The SMILES string of the molecule is c1ccc(C[C+](c2ccccc2)c2ccccc2)cc1. The molecule has 0 aliphatic rings. The average molecular weight is 257 g/mol. The summed E-state index contributed by atoms with van der Waals surface area (Å²) in [6.07, 6.45) is 0.953. The van der Waals surface area contributed by atoms with Gasteiger partial charge in [0.2, 0.25) is 0 Å². The Labute approximate surface area is 120 Å². The van der Waals surface area contributed by atoms with Gasteiger partial charge in [-0.1, -0.05) is 30.3 Å². The van der Waals surface area contributed by atoms with E-state index in [0.29, 0.717) is 0 Å². The van der Waals surface area contributed by atoms with Gasteiger partial charge in [0.25, 0.3) is 0 Å². The van der Waals surface area contributed by atoms with E-state index in [9.17, 15) is 0 Å². The minimum absolute atomic E-state index is 0.953. The molecule has 3 aromatic carbocycles. The molecule has 0 heterocycles. The highest BCUT2D eigenvalue weighted by atomic mass is 14.2. The van der Waals surface area contributed by atoms with E-state index in [1.807, 2.05) is 0 Å². The molecular formula is C20H17+. The fourth-order valence-electron chi connectivity index (χ4n) is 2.45. The van der Waals surface area contributed by atoms with E-state index < -0.39 is 0 Å². The van der Waals surface area contributed by atoms with Crippen LogP contribution in [0.25, 0.3) is 0 Å². The van der Waals surface area contributed by atoms with E-state index in [1.54, 1.807) is 0 Å². The maximum Gasteiger partial charge on any atom is 0.0759 e. The number of benzene rings is 3. The summed E-state index contributed by atoms with van der Waals surface area (Å²) in [5.74, 6) is 1.37. The Morgan fingerprint density at radius 3 is 1.35 bits per heavy atom. The predicted octanol–water partition coefficient (Wildman–Crippen LogP) is 4.90. The Morgan fingerprint density at radius 1 is 0.500 bits per heavy atom. The Kier molecular flexibility index (Phi) is 3.84. The minimum Gasteiger partial charge on any atom is -0.0622 e. The first-order chi connectivity index (χ1) is 9.93. The zero-order valence-electron chi connectivity index (χ0n) is 11.4. The first kappa shape index (κ1) is 12.6. The molecule has 0 nitrogen and oxygen atoms in total. The van der Waals surface area contributed by atoms with Gasteiger partial charge in [-0.25, -0.2) is 0 Å². The van der Waals surface area contributed by atoms with Gasteiger partial charge in [0, 0.05) is 36.6 Å². The predicted molar refractivity (Wildman–Crippen MR) is 84.5 cm³/mol. The smallest absolute Gasteiger partial charge is 0.0622 e. The zero-order chi connectivity index (χ0) is 13.6. The molecule has 0 heteroatoms. The van der Waals surface area contributed by atoms with Crippen molar-refractivity contribution < 1.29 is 0 Å². The third-order valence-corrected chi connectivity index (χ3v) is 3.47. The molecule has 0 aliphatic heterocycles. The Bertz CT molecular complexity index is 587. The molecule has 0 saturated carbocycles. The van der Waals surface area contributed by atoms with Crippen LogP contribution in [0.4, 0.5) is 0 Å². The van der Waals surface area contributed by atoms with Crippen molar-refractivity contribution in [3.8, 4) is 0 Å². The van der Waals surface area contributed by atoms with Crippen LogP contribution in [0.5, 0.6) is 0 Å². The lowest BCUT2D eigenvalue weighted by molar-refractivity contribution is 1.03. The van der Waals surface area contributed by atoms with Crippen LogP contribution in [0.2, 0.25) is 0 Å². The molecule has 0 saturated heterocycles. The molecule has 0 fully saturated rings. The lowest BCUT2D eigenvalue weighted by atomic mass is 9.86. The van der Waals surface area contributed by atoms with E-state index >= 15 is 0 Å². The monoisotopic (exact) mass is 257 g/mol. The van der Waals surface area contributed by atoms with Crippen molar-refractivity contribution >= 4 is 0 Å². The van der Waals surface area contributed by atoms with Gasteiger partial charge in [-0.05, 0) is 42.0 Å². The second-order valence-corrected chi connectivity index (χ2v) is 4.87. The fourth-order valence-corrected chi connectivity index (χ4v) is 2.45. The first-order valence-corrected chi connectivity index (χ1v) is 6.94. The normalized spacial score (nSPS) is 10.2. The van der Waals surface area contributed by atoms with E-state index in [2.05, 4.69) is 91.0 Å². The maximum absolute atomic E-state index is 2.19. The summed E-state index contributed by atoms with van der Waals surface area (Å²) in [4.78, 5) is 0. The van der Waals surface area contributed by atoms with E-state index in [-0.39, 0.29) is 0 Å². The van der Waals surface area contributed by atoms with Crippen LogP contribution >= 0.6 is 0 Å². The summed E-state index contributed by atoms with van der Waals surface area (Å²) in [5, 5.41) is 0. The number of hydrogen-bond donors (Lipinski definition) is 0. The highest BCUT2D eigenvalue weighted by Gasteiger charge is 2.20. The van der Waals surface area contributed by atoms with Crippen LogP contribution in [0.15, 0.2) is 91.0 Å². The highest BCUT2D eigenvalue weighted by molar-refractivity contribution is 5.47. The lowest BCUT2D eigenvalue weighted by Crippen LogP contribution is -2.05. The molecule has 20 heavy (non-hydrogen) atoms. The Morgan fingerprint density at radius 2 is 0.900 bits per heavy atom. The summed E-state index contributed by atoms with van der Waals surface area (Å²) in [7, 11) is 0. The van der Waals surface area contributed by atoms with Gasteiger partial charge < -0.3 is 0 Å². The van der Waals surface area contributed by atoms with Crippen LogP contribution in [0.1, 0.15) is 16.7 Å². The second-order valence-electron chi connectivity index (χ2n) is 4.87. The fraction of sp³-hybridized carbons (Fsp3) is 0.0500. The molecule has 0 aliphatic carbocycles.